The molecule has 0 fully saturated rings. The van der Waals surface area contributed by atoms with E-state index >= 15 is 0 Å². The van der Waals surface area contributed by atoms with Gasteiger partial charge in [0.15, 0.2) is 0 Å². The number of carbonyl (C=O) groups is 1. The third kappa shape index (κ3) is 6.52. The zero-order chi connectivity index (χ0) is 18.6. The molecule has 0 bridgehead atoms. The second-order valence-electron chi connectivity index (χ2n) is 6.29. The van der Waals surface area contributed by atoms with Gasteiger partial charge in [0, 0.05) is 6.61 Å². The Morgan fingerprint density at radius 2 is 1.35 bits per heavy atom. The molecule has 2 aromatic carbocycles. The van der Waals surface area contributed by atoms with Gasteiger partial charge in [-0.15, -0.1) is 0 Å². The van der Waals surface area contributed by atoms with Gasteiger partial charge < -0.3 is 14.6 Å². The van der Waals surface area contributed by atoms with Gasteiger partial charge in [-0.2, -0.15) is 0 Å². The minimum atomic E-state index is -0.325. The Morgan fingerprint density at radius 1 is 0.808 bits per heavy atom. The minimum Gasteiger partial charge on any atom is -0.494 e. The largest absolute Gasteiger partial charge is 0.494 e. The number of aliphatic hydroxyl groups excluding tert-OH is 1. The van der Waals surface area contributed by atoms with Crippen molar-refractivity contribution in [2.75, 3.05) is 20.3 Å². The van der Waals surface area contributed by atoms with Crippen LogP contribution in [0, 0.1) is 0 Å². The van der Waals surface area contributed by atoms with Crippen molar-refractivity contribution in [3.05, 3.63) is 54.1 Å². The number of rotatable bonds is 11. The molecule has 4 heteroatoms. The average molecular weight is 356 g/mol. The van der Waals surface area contributed by atoms with Crippen LogP contribution in [0.1, 0.15) is 48.9 Å². The Morgan fingerprint density at radius 3 is 1.92 bits per heavy atom. The van der Waals surface area contributed by atoms with Crippen LogP contribution in [-0.2, 0) is 4.74 Å². The summed E-state index contributed by atoms with van der Waals surface area (Å²) in [6, 6.07) is 15.4. The zero-order valence-corrected chi connectivity index (χ0v) is 15.4. The lowest BCUT2D eigenvalue weighted by atomic mass is 10.0. The minimum absolute atomic E-state index is 0.300. The fraction of sp³-hybridized carbons (Fsp3) is 0.409. The fourth-order valence-electron chi connectivity index (χ4n) is 2.77. The molecule has 0 amide bonds. The third-order valence-electron chi connectivity index (χ3n) is 4.31. The first-order valence-corrected chi connectivity index (χ1v) is 9.27. The number of unbranched alkanes of at least 4 members (excludes halogenated alkanes) is 5. The number of methoxy groups -OCH3 is 1. The molecule has 0 saturated heterocycles. The van der Waals surface area contributed by atoms with E-state index in [1.807, 2.05) is 36.4 Å². The molecule has 0 heterocycles. The summed E-state index contributed by atoms with van der Waals surface area (Å²) in [5, 5.41) is 8.73. The maximum atomic E-state index is 11.5. The molecule has 140 valence electrons. The van der Waals surface area contributed by atoms with E-state index in [1.165, 1.54) is 20.0 Å². The average Bonchev–Trinajstić information content (AvgIpc) is 2.70. The summed E-state index contributed by atoms with van der Waals surface area (Å²) in [6.45, 7) is 1.03. The molecule has 26 heavy (non-hydrogen) atoms. The van der Waals surface area contributed by atoms with Crippen LogP contribution in [0.3, 0.4) is 0 Å². The van der Waals surface area contributed by atoms with Gasteiger partial charge in [0.1, 0.15) is 5.75 Å². The molecule has 0 unspecified atom stereocenters. The Kier molecular flexibility index (Phi) is 8.70. The van der Waals surface area contributed by atoms with Gasteiger partial charge in [-0.05, 0) is 48.2 Å². The maximum Gasteiger partial charge on any atom is 0.337 e. The molecule has 0 aliphatic carbocycles. The van der Waals surface area contributed by atoms with Gasteiger partial charge >= 0.3 is 5.97 Å². The Hall–Kier alpha value is -2.33. The number of hydrogen-bond acceptors (Lipinski definition) is 4. The van der Waals surface area contributed by atoms with Crippen LogP contribution in [0.4, 0.5) is 0 Å². The van der Waals surface area contributed by atoms with E-state index in [0.717, 1.165) is 49.2 Å². The van der Waals surface area contributed by atoms with E-state index < -0.39 is 0 Å². The summed E-state index contributed by atoms with van der Waals surface area (Å²) in [6.07, 6.45) is 6.62. The Bertz CT molecular complexity index is 647. The molecule has 0 radical (unpaired) electrons. The normalized spacial score (nSPS) is 10.5. The first kappa shape index (κ1) is 20.0. The van der Waals surface area contributed by atoms with Crippen LogP contribution in [0.2, 0.25) is 0 Å². The zero-order valence-electron chi connectivity index (χ0n) is 15.4. The van der Waals surface area contributed by atoms with Crippen LogP contribution < -0.4 is 4.74 Å². The SMILES string of the molecule is COC(=O)c1ccc(-c2ccc(OCCCCCCCCO)cc2)cc1. The number of hydrogen-bond donors (Lipinski definition) is 1. The van der Waals surface area contributed by atoms with Crippen molar-refractivity contribution in [2.45, 2.75) is 38.5 Å². The fourth-order valence-corrected chi connectivity index (χ4v) is 2.77. The molecule has 0 saturated carbocycles. The molecule has 1 N–H and O–H groups in total. The lowest BCUT2D eigenvalue weighted by Gasteiger charge is -2.08. The summed E-state index contributed by atoms with van der Waals surface area (Å²) in [7, 11) is 1.38. The van der Waals surface area contributed by atoms with Crippen molar-refractivity contribution in [1.29, 1.82) is 0 Å². The Labute approximate surface area is 155 Å². The van der Waals surface area contributed by atoms with E-state index in [0.29, 0.717) is 12.2 Å². The lowest BCUT2D eigenvalue weighted by molar-refractivity contribution is 0.0600. The van der Waals surface area contributed by atoms with Gasteiger partial charge in [-0.25, -0.2) is 4.79 Å². The smallest absolute Gasteiger partial charge is 0.337 e. The van der Waals surface area contributed by atoms with E-state index in [2.05, 4.69) is 0 Å². The highest BCUT2D eigenvalue weighted by atomic mass is 16.5. The molecule has 0 spiro atoms. The van der Waals surface area contributed by atoms with E-state index in [-0.39, 0.29) is 5.97 Å². The quantitative estimate of drug-likeness (QED) is 0.462. The molecule has 0 aromatic heterocycles. The van der Waals surface area contributed by atoms with Gasteiger partial charge in [0.2, 0.25) is 0 Å². The summed E-state index contributed by atoms with van der Waals surface area (Å²) in [5.74, 6) is 0.550. The van der Waals surface area contributed by atoms with Gasteiger partial charge in [-0.3, -0.25) is 0 Å². The highest BCUT2D eigenvalue weighted by Gasteiger charge is 2.05. The molecule has 4 nitrogen and oxygen atoms in total. The topological polar surface area (TPSA) is 55.8 Å². The van der Waals surface area contributed by atoms with Crippen molar-refractivity contribution >= 4 is 5.97 Å². The van der Waals surface area contributed by atoms with Crippen molar-refractivity contribution in [3.8, 4) is 16.9 Å². The highest BCUT2D eigenvalue weighted by Crippen LogP contribution is 2.23. The second kappa shape index (κ2) is 11.3. The molecule has 0 aliphatic heterocycles. The predicted molar refractivity (Wildman–Crippen MR) is 104 cm³/mol. The summed E-state index contributed by atoms with van der Waals surface area (Å²) in [5.41, 5.74) is 2.68. The third-order valence-corrected chi connectivity index (χ3v) is 4.31. The standard InChI is InChI=1S/C22H28O4/c1-25-22(24)20-10-8-18(9-11-20)19-12-14-21(15-13-19)26-17-7-5-3-2-4-6-16-23/h8-15,23H,2-7,16-17H2,1H3. The van der Waals surface area contributed by atoms with Crippen molar-refractivity contribution in [2.24, 2.45) is 0 Å². The molecule has 2 rings (SSSR count). The van der Waals surface area contributed by atoms with Crippen molar-refractivity contribution in [3.63, 3.8) is 0 Å². The van der Waals surface area contributed by atoms with Crippen LogP contribution in [-0.4, -0.2) is 31.4 Å². The van der Waals surface area contributed by atoms with E-state index in [4.69, 9.17) is 14.6 Å². The van der Waals surface area contributed by atoms with Crippen LogP contribution >= 0.6 is 0 Å². The summed E-state index contributed by atoms with van der Waals surface area (Å²) in [4.78, 5) is 11.5. The number of ether oxygens (including phenoxy) is 2. The summed E-state index contributed by atoms with van der Waals surface area (Å²) >= 11 is 0. The molecular formula is C22H28O4. The second-order valence-corrected chi connectivity index (χ2v) is 6.29. The first-order valence-electron chi connectivity index (χ1n) is 9.27. The Balaban J connectivity index is 1.75. The van der Waals surface area contributed by atoms with E-state index in [9.17, 15) is 4.79 Å². The molecule has 0 atom stereocenters. The highest BCUT2D eigenvalue weighted by molar-refractivity contribution is 5.89. The van der Waals surface area contributed by atoms with Crippen LogP contribution in [0.25, 0.3) is 11.1 Å². The van der Waals surface area contributed by atoms with Crippen molar-refractivity contribution in [1.82, 2.24) is 0 Å². The first-order chi connectivity index (χ1) is 12.7. The summed E-state index contributed by atoms with van der Waals surface area (Å²) < 4.78 is 10.5. The number of benzene rings is 2. The number of esters is 1. The van der Waals surface area contributed by atoms with Gasteiger partial charge in [-0.1, -0.05) is 49.9 Å². The molecular weight excluding hydrogens is 328 g/mol. The van der Waals surface area contributed by atoms with Crippen LogP contribution in [0.15, 0.2) is 48.5 Å². The van der Waals surface area contributed by atoms with Gasteiger partial charge in [0.25, 0.3) is 0 Å². The number of carbonyl (C=O) groups excluding carboxylic acids is 1. The van der Waals surface area contributed by atoms with Crippen molar-refractivity contribution < 1.29 is 19.4 Å². The molecule has 2 aromatic rings. The van der Waals surface area contributed by atoms with E-state index in [1.54, 1.807) is 12.1 Å². The molecule has 0 aliphatic rings. The monoisotopic (exact) mass is 356 g/mol. The predicted octanol–water partition coefficient (Wildman–Crippen LogP) is 4.85. The lowest BCUT2D eigenvalue weighted by Crippen LogP contribution is -2.00. The van der Waals surface area contributed by atoms with Gasteiger partial charge in [0.05, 0.1) is 19.3 Å². The maximum absolute atomic E-state index is 11.5. The number of aliphatic hydroxyl groups is 1. The van der Waals surface area contributed by atoms with Crippen LogP contribution in [0.5, 0.6) is 5.75 Å².